The van der Waals surface area contributed by atoms with Gasteiger partial charge in [0.05, 0.1) is 6.10 Å². The first-order chi connectivity index (χ1) is 10.5. The van der Waals surface area contributed by atoms with Gasteiger partial charge in [-0.1, -0.05) is 6.42 Å². The fourth-order valence-electron chi connectivity index (χ4n) is 2.84. The van der Waals surface area contributed by atoms with Crippen molar-refractivity contribution in [1.29, 1.82) is 0 Å². The maximum atomic E-state index is 12.7. The third-order valence-corrected chi connectivity index (χ3v) is 6.62. The van der Waals surface area contributed by atoms with E-state index in [4.69, 9.17) is 9.47 Å². The van der Waals surface area contributed by atoms with Crippen LogP contribution in [0.25, 0.3) is 0 Å². The molecule has 2 aliphatic rings. The smallest absolute Gasteiger partial charge is 0.186 e. The van der Waals surface area contributed by atoms with Gasteiger partial charge in [-0.15, -0.1) is 0 Å². The van der Waals surface area contributed by atoms with E-state index < -0.39 is 40.4 Å². The van der Waals surface area contributed by atoms with E-state index in [1.54, 1.807) is 6.92 Å². The van der Waals surface area contributed by atoms with Crippen LogP contribution in [0.3, 0.4) is 0 Å². The van der Waals surface area contributed by atoms with Crippen LogP contribution >= 0.6 is 0 Å². The zero-order valence-electron chi connectivity index (χ0n) is 13.0. The van der Waals surface area contributed by atoms with Crippen LogP contribution in [0.1, 0.15) is 32.6 Å². The Kier molecular flexibility index (Phi) is 6.60. The minimum atomic E-state index is -2.26. The van der Waals surface area contributed by atoms with Gasteiger partial charge in [-0.05, 0) is 26.2 Å². The van der Waals surface area contributed by atoms with Crippen molar-refractivity contribution in [2.45, 2.75) is 63.3 Å². The molecule has 0 saturated carbocycles. The van der Waals surface area contributed by atoms with E-state index in [-0.39, 0.29) is 0 Å². The Hall–Kier alpha value is -0.250. The quantitative estimate of drug-likeness (QED) is 0.645. The van der Waals surface area contributed by atoms with E-state index in [1.165, 1.54) is 0 Å². The summed E-state index contributed by atoms with van der Waals surface area (Å²) in [6.45, 7) is 2.70. The summed E-state index contributed by atoms with van der Waals surface area (Å²) in [4.78, 5) is 0. The molecule has 2 rings (SSSR count). The SMILES string of the molecule is CCO[C@H]1O[C@H](CCS2(=O)=NCCCCC2)[C@@H](O)[C@H](O)[C@@H]1O. The lowest BCUT2D eigenvalue weighted by Gasteiger charge is -2.40. The average Bonchev–Trinajstić information content (AvgIpc) is 2.72. The van der Waals surface area contributed by atoms with Gasteiger partial charge in [0.2, 0.25) is 0 Å². The molecule has 8 heteroatoms. The minimum Gasteiger partial charge on any atom is -0.388 e. The Morgan fingerprint density at radius 2 is 1.95 bits per heavy atom. The molecule has 22 heavy (non-hydrogen) atoms. The van der Waals surface area contributed by atoms with E-state index >= 15 is 0 Å². The second-order valence-corrected chi connectivity index (χ2v) is 8.47. The van der Waals surface area contributed by atoms with Crippen LogP contribution in [0.15, 0.2) is 4.36 Å². The van der Waals surface area contributed by atoms with Crippen LogP contribution in [0.5, 0.6) is 0 Å². The first-order valence-corrected chi connectivity index (χ1v) is 9.82. The van der Waals surface area contributed by atoms with Crippen LogP contribution in [-0.4, -0.2) is 74.9 Å². The third-order valence-electron chi connectivity index (χ3n) is 4.17. The molecule has 7 nitrogen and oxygen atoms in total. The van der Waals surface area contributed by atoms with Crippen molar-refractivity contribution in [2.75, 3.05) is 24.7 Å². The van der Waals surface area contributed by atoms with Gasteiger partial charge in [-0.25, -0.2) is 8.57 Å². The number of rotatable bonds is 5. The molecule has 0 aromatic rings. The molecule has 1 unspecified atom stereocenters. The molecular weight excluding hydrogens is 310 g/mol. The second kappa shape index (κ2) is 8.03. The summed E-state index contributed by atoms with van der Waals surface area (Å²) >= 11 is 0. The summed E-state index contributed by atoms with van der Waals surface area (Å²) in [6, 6.07) is 0. The molecule has 0 spiro atoms. The van der Waals surface area contributed by atoms with Crippen LogP contribution in [0.2, 0.25) is 0 Å². The standard InChI is InChI=1S/C14H27NO6S/c1-2-20-14-13(18)12(17)11(16)10(21-14)6-9-22(19)8-5-3-4-7-15-22/h10-14,16-18H,2-9H2,1H3/t10-,11-,12+,13+,14+,22?/m1/s1. The van der Waals surface area contributed by atoms with Crippen molar-refractivity contribution >= 4 is 9.73 Å². The molecule has 0 aromatic carbocycles. The van der Waals surface area contributed by atoms with E-state index in [0.29, 0.717) is 31.1 Å². The van der Waals surface area contributed by atoms with Gasteiger partial charge in [0.1, 0.15) is 18.3 Å². The molecule has 0 amide bonds. The summed E-state index contributed by atoms with van der Waals surface area (Å²) < 4.78 is 27.8. The van der Waals surface area contributed by atoms with Crippen LogP contribution in [0.4, 0.5) is 0 Å². The number of aliphatic hydroxyl groups is 3. The highest BCUT2D eigenvalue weighted by molar-refractivity contribution is 7.93. The Balaban J connectivity index is 1.98. The van der Waals surface area contributed by atoms with Gasteiger partial charge < -0.3 is 24.8 Å². The van der Waals surface area contributed by atoms with E-state index in [0.717, 1.165) is 19.3 Å². The number of aliphatic hydroxyl groups excluding tert-OH is 3. The summed E-state index contributed by atoms with van der Waals surface area (Å²) in [5.41, 5.74) is 0. The first kappa shape index (κ1) is 18.1. The predicted octanol–water partition coefficient (Wildman–Crippen LogP) is -0.128. The van der Waals surface area contributed by atoms with Gasteiger partial charge in [-0.2, -0.15) is 0 Å². The summed E-state index contributed by atoms with van der Waals surface area (Å²) in [6.07, 6.45) is -2.31. The Bertz CT molecular complexity index is 464. The topological polar surface area (TPSA) is 109 Å². The van der Waals surface area contributed by atoms with Gasteiger partial charge in [0.25, 0.3) is 0 Å². The van der Waals surface area contributed by atoms with Crippen LogP contribution < -0.4 is 0 Å². The van der Waals surface area contributed by atoms with Crippen molar-refractivity contribution in [3.8, 4) is 0 Å². The number of ether oxygens (including phenoxy) is 2. The minimum absolute atomic E-state index is 0.316. The zero-order valence-corrected chi connectivity index (χ0v) is 13.8. The normalized spacial score (nSPS) is 43.4. The average molecular weight is 337 g/mol. The maximum absolute atomic E-state index is 12.7. The second-order valence-electron chi connectivity index (χ2n) is 5.85. The molecular formula is C14H27NO6S. The molecule has 0 bridgehead atoms. The summed E-state index contributed by atoms with van der Waals surface area (Å²) in [7, 11) is -2.26. The van der Waals surface area contributed by atoms with Gasteiger partial charge >= 0.3 is 0 Å². The summed E-state index contributed by atoms with van der Waals surface area (Å²) in [5.74, 6) is 0.909. The molecule has 0 radical (unpaired) electrons. The fourth-order valence-corrected chi connectivity index (χ4v) is 5.02. The van der Waals surface area contributed by atoms with Crippen molar-refractivity contribution in [1.82, 2.24) is 0 Å². The predicted molar refractivity (Wildman–Crippen MR) is 81.9 cm³/mol. The van der Waals surface area contributed by atoms with E-state index in [9.17, 15) is 19.5 Å². The lowest BCUT2D eigenvalue weighted by atomic mass is 9.97. The Morgan fingerprint density at radius 3 is 2.68 bits per heavy atom. The molecule has 1 saturated heterocycles. The molecule has 1 fully saturated rings. The fraction of sp³-hybridized carbons (Fsp3) is 1.00. The molecule has 3 N–H and O–H groups in total. The number of hydrogen-bond donors (Lipinski definition) is 3. The van der Waals surface area contributed by atoms with Crippen LogP contribution in [0, 0.1) is 0 Å². The highest BCUT2D eigenvalue weighted by atomic mass is 32.2. The van der Waals surface area contributed by atoms with E-state index in [2.05, 4.69) is 4.36 Å². The monoisotopic (exact) mass is 337 g/mol. The maximum Gasteiger partial charge on any atom is 0.186 e. The largest absolute Gasteiger partial charge is 0.388 e. The lowest BCUT2D eigenvalue weighted by molar-refractivity contribution is -0.295. The molecule has 130 valence electrons. The highest BCUT2D eigenvalue weighted by Crippen LogP contribution is 2.25. The van der Waals surface area contributed by atoms with E-state index in [1.807, 2.05) is 0 Å². The molecule has 2 aliphatic heterocycles. The Labute approximate surface area is 131 Å². The lowest BCUT2D eigenvalue weighted by Crippen LogP contribution is -2.58. The zero-order chi connectivity index (χ0) is 16.2. The van der Waals surface area contributed by atoms with Crippen molar-refractivity contribution in [3.63, 3.8) is 0 Å². The number of hydrogen-bond acceptors (Lipinski definition) is 7. The first-order valence-electron chi connectivity index (χ1n) is 7.96. The van der Waals surface area contributed by atoms with Crippen molar-refractivity contribution < 1.29 is 29.0 Å². The Morgan fingerprint density at radius 1 is 1.18 bits per heavy atom. The molecule has 2 heterocycles. The molecule has 6 atom stereocenters. The highest BCUT2D eigenvalue weighted by Gasteiger charge is 2.44. The van der Waals surface area contributed by atoms with Gasteiger partial charge in [-0.3, -0.25) is 0 Å². The number of nitrogens with zero attached hydrogens (tertiary/aromatic N) is 1. The third kappa shape index (κ3) is 4.39. The molecule has 0 aliphatic carbocycles. The van der Waals surface area contributed by atoms with Crippen molar-refractivity contribution in [2.24, 2.45) is 4.36 Å². The summed E-state index contributed by atoms with van der Waals surface area (Å²) in [5, 5.41) is 29.8. The van der Waals surface area contributed by atoms with Crippen LogP contribution in [-0.2, 0) is 19.2 Å². The van der Waals surface area contributed by atoms with Gasteiger partial charge in [0.15, 0.2) is 6.29 Å². The van der Waals surface area contributed by atoms with Crippen molar-refractivity contribution in [3.05, 3.63) is 0 Å². The molecule has 0 aromatic heterocycles. The van der Waals surface area contributed by atoms with Gasteiger partial charge in [0, 0.05) is 34.4 Å².